The first kappa shape index (κ1) is 22.0. The first-order valence-electron chi connectivity index (χ1n) is 11.1. The molecule has 0 amide bonds. The summed E-state index contributed by atoms with van der Waals surface area (Å²) >= 11 is 0. The van der Waals surface area contributed by atoms with Crippen molar-refractivity contribution in [2.45, 2.75) is 70.6 Å². The van der Waals surface area contributed by atoms with Crippen molar-refractivity contribution in [3.63, 3.8) is 0 Å². The predicted octanol–water partition coefficient (Wildman–Crippen LogP) is 7.16. The number of carbonyl (C=O) groups excluding carboxylic acids is 1. The molecule has 0 bridgehead atoms. The molecular formula is C26H30FNO2. The number of esters is 1. The molecule has 0 aromatic heterocycles. The van der Waals surface area contributed by atoms with Crippen LogP contribution in [0.4, 0.5) is 4.39 Å². The molecule has 3 rings (SSSR count). The smallest absolute Gasteiger partial charge is 0.346 e. The van der Waals surface area contributed by atoms with Gasteiger partial charge in [0.15, 0.2) is 0 Å². The molecule has 2 aromatic carbocycles. The van der Waals surface area contributed by atoms with Gasteiger partial charge >= 0.3 is 5.97 Å². The number of rotatable bonds is 8. The summed E-state index contributed by atoms with van der Waals surface area (Å²) in [6, 6.07) is 13.1. The number of halogens is 1. The molecule has 30 heavy (non-hydrogen) atoms. The minimum absolute atomic E-state index is 0.0623. The van der Waals surface area contributed by atoms with Gasteiger partial charge in [0.2, 0.25) is 0 Å². The largest absolute Gasteiger partial charge is 0.423 e. The van der Waals surface area contributed by atoms with E-state index in [0.29, 0.717) is 17.2 Å². The van der Waals surface area contributed by atoms with Crippen LogP contribution in [0, 0.1) is 23.1 Å². The highest BCUT2D eigenvalue weighted by Crippen LogP contribution is 2.38. The molecule has 4 heteroatoms. The van der Waals surface area contributed by atoms with Crippen molar-refractivity contribution in [2.75, 3.05) is 0 Å². The van der Waals surface area contributed by atoms with E-state index in [-0.39, 0.29) is 5.56 Å². The molecule has 0 atom stereocenters. The number of ether oxygens (including phenoxy) is 1. The van der Waals surface area contributed by atoms with Crippen LogP contribution in [0.15, 0.2) is 42.5 Å². The van der Waals surface area contributed by atoms with Gasteiger partial charge in [-0.05, 0) is 79.5 Å². The van der Waals surface area contributed by atoms with E-state index in [0.717, 1.165) is 24.3 Å². The molecule has 0 N–H and O–H groups in total. The van der Waals surface area contributed by atoms with E-state index in [1.54, 1.807) is 12.1 Å². The van der Waals surface area contributed by atoms with Gasteiger partial charge in [0.05, 0.1) is 17.2 Å². The fraction of sp³-hybridized carbons (Fsp3) is 0.462. The zero-order valence-electron chi connectivity index (χ0n) is 17.7. The Labute approximate surface area is 178 Å². The third-order valence-corrected chi connectivity index (χ3v) is 6.19. The van der Waals surface area contributed by atoms with Crippen LogP contribution in [0.25, 0.3) is 0 Å². The van der Waals surface area contributed by atoms with E-state index in [1.165, 1.54) is 69.2 Å². The van der Waals surface area contributed by atoms with Crippen molar-refractivity contribution >= 4 is 5.97 Å². The summed E-state index contributed by atoms with van der Waals surface area (Å²) in [4.78, 5) is 12.3. The van der Waals surface area contributed by atoms with Gasteiger partial charge in [0.25, 0.3) is 0 Å². The van der Waals surface area contributed by atoms with Crippen LogP contribution in [0.2, 0.25) is 0 Å². The maximum absolute atomic E-state index is 14.6. The fourth-order valence-corrected chi connectivity index (χ4v) is 4.35. The Balaban J connectivity index is 1.55. The molecular weight excluding hydrogens is 377 g/mol. The molecule has 0 radical (unpaired) electrons. The summed E-state index contributed by atoms with van der Waals surface area (Å²) in [5, 5.41) is 8.82. The number of unbranched alkanes of at least 4 members (excludes halogenated alkanes) is 3. The molecule has 0 heterocycles. The van der Waals surface area contributed by atoms with Gasteiger partial charge in [-0.2, -0.15) is 5.26 Å². The summed E-state index contributed by atoms with van der Waals surface area (Å²) in [7, 11) is 0. The standard InChI is InChI=1S/C26H30FNO2/c1-2-3-4-5-6-19-7-11-21(12-8-19)22-13-16-24(25(27)17-22)26(29)30-23-14-9-20(18-28)10-15-23/h9-10,13-17,19,21H,2-8,11-12H2,1H3/t19-,21-. The average Bonchev–Trinajstić information content (AvgIpc) is 2.77. The molecule has 1 fully saturated rings. The van der Waals surface area contributed by atoms with Crippen molar-refractivity contribution < 1.29 is 13.9 Å². The molecule has 0 unspecified atom stereocenters. The Morgan fingerprint density at radius 2 is 1.80 bits per heavy atom. The Bertz CT molecular complexity index is 877. The Morgan fingerprint density at radius 3 is 2.43 bits per heavy atom. The van der Waals surface area contributed by atoms with Gasteiger partial charge in [0, 0.05) is 0 Å². The van der Waals surface area contributed by atoms with E-state index in [9.17, 15) is 9.18 Å². The highest BCUT2D eigenvalue weighted by Gasteiger charge is 2.24. The van der Waals surface area contributed by atoms with Crippen LogP contribution in [0.5, 0.6) is 5.75 Å². The van der Waals surface area contributed by atoms with Gasteiger partial charge in [-0.1, -0.05) is 45.1 Å². The summed E-state index contributed by atoms with van der Waals surface area (Å²) in [6.07, 6.45) is 11.2. The summed E-state index contributed by atoms with van der Waals surface area (Å²) < 4.78 is 19.9. The second-order valence-corrected chi connectivity index (χ2v) is 8.33. The Kier molecular flexibility index (Phi) is 8.02. The van der Waals surface area contributed by atoms with Crippen LogP contribution in [-0.4, -0.2) is 5.97 Å². The molecule has 1 aliphatic rings. The number of carbonyl (C=O) groups is 1. The number of nitrogens with zero attached hydrogens (tertiary/aromatic N) is 1. The van der Waals surface area contributed by atoms with Gasteiger partial charge in [0.1, 0.15) is 11.6 Å². The quantitative estimate of drug-likeness (QED) is 0.265. The third-order valence-electron chi connectivity index (χ3n) is 6.19. The maximum atomic E-state index is 14.6. The van der Waals surface area contributed by atoms with Crippen molar-refractivity contribution in [3.8, 4) is 11.8 Å². The van der Waals surface area contributed by atoms with Crippen molar-refractivity contribution in [1.29, 1.82) is 5.26 Å². The highest BCUT2D eigenvalue weighted by molar-refractivity contribution is 5.91. The lowest BCUT2D eigenvalue weighted by Crippen LogP contribution is -2.15. The summed E-state index contributed by atoms with van der Waals surface area (Å²) in [6.45, 7) is 2.24. The molecule has 2 aromatic rings. The third kappa shape index (κ3) is 5.92. The second kappa shape index (κ2) is 10.9. The molecule has 158 valence electrons. The highest BCUT2D eigenvalue weighted by atomic mass is 19.1. The fourth-order valence-electron chi connectivity index (χ4n) is 4.35. The number of benzene rings is 2. The maximum Gasteiger partial charge on any atom is 0.346 e. The van der Waals surface area contributed by atoms with Crippen LogP contribution >= 0.6 is 0 Å². The van der Waals surface area contributed by atoms with Gasteiger partial charge in [-0.3, -0.25) is 0 Å². The van der Waals surface area contributed by atoms with E-state index in [2.05, 4.69) is 6.92 Å². The van der Waals surface area contributed by atoms with Crippen LogP contribution in [0.3, 0.4) is 0 Å². The lowest BCUT2D eigenvalue weighted by Gasteiger charge is -2.29. The average molecular weight is 408 g/mol. The first-order chi connectivity index (χ1) is 14.6. The topological polar surface area (TPSA) is 50.1 Å². The normalized spacial score (nSPS) is 18.6. The SMILES string of the molecule is CCCCCC[C@H]1CC[C@H](c2ccc(C(=O)Oc3ccc(C#N)cc3)c(F)c2)CC1. The molecule has 0 aliphatic heterocycles. The van der Waals surface area contributed by atoms with Crippen LogP contribution in [0.1, 0.15) is 92.1 Å². The molecule has 0 saturated heterocycles. The van der Waals surface area contributed by atoms with E-state index < -0.39 is 11.8 Å². The molecule has 1 saturated carbocycles. The zero-order chi connectivity index (χ0) is 21.3. The van der Waals surface area contributed by atoms with Gasteiger partial charge in [-0.15, -0.1) is 0 Å². The van der Waals surface area contributed by atoms with Gasteiger partial charge in [-0.25, -0.2) is 9.18 Å². The van der Waals surface area contributed by atoms with Crippen molar-refractivity contribution in [2.24, 2.45) is 5.92 Å². The number of nitriles is 1. The Hall–Kier alpha value is -2.67. The lowest BCUT2D eigenvalue weighted by molar-refractivity contribution is 0.0730. The zero-order valence-corrected chi connectivity index (χ0v) is 17.7. The van der Waals surface area contributed by atoms with E-state index in [1.807, 2.05) is 12.1 Å². The second-order valence-electron chi connectivity index (χ2n) is 8.33. The van der Waals surface area contributed by atoms with Crippen LogP contribution < -0.4 is 4.74 Å². The monoisotopic (exact) mass is 407 g/mol. The van der Waals surface area contributed by atoms with Crippen molar-refractivity contribution in [3.05, 3.63) is 65.0 Å². The summed E-state index contributed by atoms with van der Waals surface area (Å²) in [5.74, 6) is 0.215. The predicted molar refractivity (Wildman–Crippen MR) is 116 cm³/mol. The number of hydrogen-bond donors (Lipinski definition) is 0. The van der Waals surface area contributed by atoms with Crippen molar-refractivity contribution in [1.82, 2.24) is 0 Å². The van der Waals surface area contributed by atoms with E-state index in [4.69, 9.17) is 10.00 Å². The summed E-state index contributed by atoms with van der Waals surface area (Å²) in [5.41, 5.74) is 1.39. The molecule has 0 spiro atoms. The lowest BCUT2D eigenvalue weighted by atomic mass is 9.77. The molecule has 3 nitrogen and oxygen atoms in total. The Morgan fingerprint density at radius 1 is 1.07 bits per heavy atom. The minimum atomic E-state index is -0.723. The van der Waals surface area contributed by atoms with Gasteiger partial charge < -0.3 is 4.74 Å². The van der Waals surface area contributed by atoms with E-state index >= 15 is 0 Å². The number of hydrogen-bond acceptors (Lipinski definition) is 3. The molecule has 1 aliphatic carbocycles. The minimum Gasteiger partial charge on any atom is -0.423 e. The first-order valence-corrected chi connectivity index (χ1v) is 11.1. The van der Waals surface area contributed by atoms with Crippen LogP contribution in [-0.2, 0) is 0 Å².